The van der Waals surface area contributed by atoms with Crippen molar-refractivity contribution in [3.05, 3.63) is 30.2 Å². The van der Waals surface area contributed by atoms with Crippen LogP contribution < -0.4 is 0 Å². The van der Waals surface area contributed by atoms with Crippen molar-refractivity contribution < 1.29 is 5.11 Å². The van der Waals surface area contributed by atoms with E-state index < -0.39 is 5.60 Å². The third kappa shape index (κ3) is 8.72. The van der Waals surface area contributed by atoms with Crippen LogP contribution in [0.15, 0.2) is 23.3 Å². The van der Waals surface area contributed by atoms with Crippen LogP contribution in [0.5, 0.6) is 0 Å². The Morgan fingerprint density at radius 3 is 2.31 bits per heavy atom. The Kier molecular flexibility index (Phi) is 7.40. The van der Waals surface area contributed by atoms with Crippen molar-refractivity contribution in [3.8, 4) is 0 Å². The van der Waals surface area contributed by atoms with Gasteiger partial charge in [-0.25, -0.2) is 0 Å². The molecule has 0 amide bonds. The van der Waals surface area contributed by atoms with E-state index in [-0.39, 0.29) is 0 Å². The molecule has 0 saturated heterocycles. The van der Waals surface area contributed by atoms with Gasteiger partial charge in [-0.1, -0.05) is 30.2 Å². The highest BCUT2D eigenvalue weighted by Crippen LogP contribution is 2.17. The average molecular weight is 223 g/mol. The molecule has 1 nitrogen and oxygen atoms in total. The van der Waals surface area contributed by atoms with E-state index in [1.807, 2.05) is 6.92 Å². The molecule has 0 fully saturated rings. The molecule has 1 radical (unpaired) electrons. The van der Waals surface area contributed by atoms with Crippen LogP contribution in [0.2, 0.25) is 0 Å². The van der Waals surface area contributed by atoms with Crippen molar-refractivity contribution in [3.63, 3.8) is 0 Å². The quantitative estimate of drug-likeness (QED) is 0.633. The summed E-state index contributed by atoms with van der Waals surface area (Å²) < 4.78 is 0. The number of rotatable bonds is 7. The molecule has 0 spiro atoms. The molecule has 1 unspecified atom stereocenters. The minimum absolute atomic E-state index is 0.581. The first-order chi connectivity index (χ1) is 7.37. The van der Waals surface area contributed by atoms with Gasteiger partial charge in [0.25, 0.3) is 0 Å². The molecular formula is C15H27O. The van der Waals surface area contributed by atoms with Gasteiger partial charge in [-0.05, 0) is 59.8 Å². The maximum absolute atomic E-state index is 9.78. The molecule has 0 aliphatic carbocycles. The first-order valence-electron chi connectivity index (χ1n) is 6.18. The first kappa shape index (κ1) is 15.4. The fourth-order valence-electron chi connectivity index (χ4n) is 1.45. The summed E-state index contributed by atoms with van der Waals surface area (Å²) in [6.45, 7) is 12.0. The Bertz CT molecular complexity index is 242. The standard InChI is InChI=1S/C15H27O/c1-6-15(5,16)12-8-11-14(4)10-7-9-13(2)3/h9,11,16H,1,6-8,10,12H2,2-5H3. The van der Waals surface area contributed by atoms with Crippen LogP contribution in [-0.2, 0) is 0 Å². The van der Waals surface area contributed by atoms with Crippen LogP contribution in [0, 0.1) is 6.92 Å². The highest BCUT2D eigenvalue weighted by atomic mass is 16.3. The molecule has 0 bridgehead atoms. The smallest absolute Gasteiger partial charge is 0.0622 e. The molecule has 16 heavy (non-hydrogen) atoms. The van der Waals surface area contributed by atoms with Gasteiger partial charge in [0.05, 0.1) is 5.60 Å². The fraction of sp³-hybridized carbons (Fsp3) is 0.667. The van der Waals surface area contributed by atoms with E-state index in [4.69, 9.17) is 0 Å². The van der Waals surface area contributed by atoms with Crippen LogP contribution >= 0.6 is 0 Å². The summed E-state index contributed by atoms with van der Waals surface area (Å²) in [4.78, 5) is 0. The van der Waals surface area contributed by atoms with E-state index in [1.165, 1.54) is 11.1 Å². The Morgan fingerprint density at radius 1 is 1.19 bits per heavy atom. The van der Waals surface area contributed by atoms with Crippen LogP contribution in [0.4, 0.5) is 0 Å². The van der Waals surface area contributed by atoms with Crippen molar-refractivity contribution in [1.29, 1.82) is 0 Å². The zero-order valence-corrected chi connectivity index (χ0v) is 11.3. The van der Waals surface area contributed by atoms with Crippen LogP contribution in [-0.4, -0.2) is 10.7 Å². The summed E-state index contributed by atoms with van der Waals surface area (Å²) in [6.07, 6.45) is 9.08. The van der Waals surface area contributed by atoms with E-state index in [2.05, 4.69) is 39.8 Å². The number of hydrogen-bond acceptors (Lipinski definition) is 1. The Balaban J connectivity index is 3.83. The third-order valence-corrected chi connectivity index (χ3v) is 2.81. The number of allylic oxidation sites excluding steroid dienone is 4. The predicted molar refractivity (Wildman–Crippen MR) is 72.3 cm³/mol. The summed E-state index contributed by atoms with van der Waals surface area (Å²) in [7, 11) is 0. The second kappa shape index (κ2) is 7.67. The van der Waals surface area contributed by atoms with Gasteiger partial charge in [0.2, 0.25) is 0 Å². The van der Waals surface area contributed by atoms with Crippen molar-refractivity contribution in [2.75, 3.05) is 0 Å². The summed E-state index contributed by atoms with van der Waals surface area (Å²) >= 11 is 0. The molecular weight excluding hydrogens is 196 g/mol. The monoisotopic (exact) mass is 223 g/mol. The van der Waals surface area contributed by atoms with Crippen LogP contribution in [0.3, 0.4) is 0 Å². The van der Waals surface area contributed by atoms with Crippen molar-refractivity contribution in [2.24, 2.45) is 0 Å². The molecule has 0 aliphatic heterocycles. The van der Waals surface area contributed by atoms with Gasteiger partial charge in [0.1, 0.15) is 0 Å². The van der Waals surface area contributed by atoms with E-state index in [9.17, 15) is 5.11 Å². The van der Waals surface area contributed by atoms with E-state index >= 15 is 0 Å². The molecule has 0 aromatic rings. The van der Waals surface area contributed by atoms with Gasteiger partial charge in [-0.3, -0.25) is 0 Å². The molecule has 1 heteroatoms. The highest BCUT2D eigenvalue weighted by Gasteiger charge is 2.15. The second-order valence-corrected chi connectivity index (χ2v) is 5.16. The summed E-state index contributed by atoms with van der Waals surface area (Å²) in [6, 6.07) is 0. The zero-order chi connectivity index (χ0) is 12.6. The lowest BCUT2D eigenvalue weighted by Crippen LogP contribution is -2.21. The predicted octanol–water partition coefficient (Wildman–Crippen LogP) is 4.43. The van der Waals surface area contributed by atoms with Crippen molar-refractivity contribution in [1.82, 2.24) is 0 Å². The topological polar surface area (TPSA) is 20.2 Å². The molecule has 1 N–H and O–H groups in total. The third-order valence-electron chi connectivity index (χ3n) is 2.81. The van der Waals surface area contributed by atoms with Gasteiger partial charge >= 0.3 is 0 Å². The minimum Gasteiger partial charge on any atom is -0.390 e. The molecule has 1 atom stereocenters. The SMILES string of the molecule is [CH2]CC(C)(O)CCC=C(C)CCC=C(C)C. The van der Waals surface area contributed by atoms with Crippen LogP contribution in [0.1, 0.15) is 59.8 Å². The van der Waals surface area contributed by atoms with Gasteiger partial charge in [0.15, 0.2) is 0 Å². The van der Waals surface area contributed by atoms with Gasteiger partial charge in [0, 0.05) is 0 Å². The van der Waals surface area contributed by atoms with Crippen LogP contribution in [0.25, 0.3) is 0 Å². The normalized spacial score (nSPS) is 15.8. The lowest BCUT2D eigenvalue weighted by Gasteiger charge is -2.19. The van der Waals surface area contributed by atoms with E-state index in [0.717, 1.165) is 25.7 Å². The van der Waals surface area contributed by atoms with Crippen molar-refractivity contribution >= 4 is 0 Å². The largest absolute Gasteiger partial charge is 0.390 e. The van der Waals surface area contributed by atoms with Crippen molar-refractivity contribution in [2.45, 2.75) is 65.4 Å². The lowest BCUT2D eigenvalue weighted by molar-refractivity contribution is 0.0543. The number of aliphatic hydroxyl groups is 1. The lowest BCUT2D eigenvalue weighted by atomic mass is 9.96. The molecule has 0 heterocycles. The zero-order valence-electron chi connectivity index (χ0n) is 11.3. The molecule has 0 saturated carbocycles. The highest BCUT2D eigenvalue weighted by molar-refractivity contribution is 5.02. The maximum Gasteiger partial charge on any atom is 0.0622 e. The molecule has 93 valence electrons. The summed E-state index contributed by atoms with van der Waals surface area (Å²) in [5.41, 5.74) is 2.20. The number of hydrogen-bond donors (Lipinski definition) is 1. The minimum atomic E-state index is -0.601. The van der Waals surface area contributed by atoms with E-state index in [0.29, 0.717) is 6.42 Å². The first-order valence-corrected chi connectivity index (χ1v) is 6.18. The molecule has 0 aromatic carbocycles. The summed E-state index contributed by atoms with van der Waals surface area (Å²) in [5, 5.41) is 9.78. The van der Waals surface area contributed by atoms with E-state index in [1.54, 1.807) is 0 Å². The van der Waals surface area contributed by atoms with Gasteiger partial charge in [-0.15, -0.1) is 0 Å². The summed E-state index contributed by atoms with van der Waals surface area (Å²) in [5.74, 6) is 0. The van der Waals surface area contributed by atoms with Gasteiger partial charge in [-0.2, -0.15) is 0 Å². The van der Waals surface area contributed by atoms with Gasteiger partial charge < -0.3 is 5.11 Å². The fourth-order valence-corrected chi connectivity index (χ4v) is 1.45. The molecule has 0 aromatic heterocycles. The maximum atomic E-state index is 9.78. The Labute approximate surface area is 101 Å². The molecule has 0 rings (SSSR count). The Hall–Kier alpha value is -0.560. The molecule has 0 aliphatic rings. The Morgan fingerprint density at radius 2 is 1.81 bits per heavy atom. The average Bonchev–Trinajstić information content (AvgIpc) is 2.17. The second-order valence-electron chi connectivity index (χ2n) is 5.16.